The molecule has 6 heteroatoms. The molecule has 0 spiro atoms. The van der Waals surface area contributed by atoms with Gasteiger partial charge >= 0.3 is 11.9 Å². The highest BCUT2D eigenvalue weighted by Gasteiger charge is 2.13. The van der Waals surface area contributed by atoms with Gasteiger partial charge in [-0.15, -0.1) is 0 Å². The van der Waals surface area contributed by atoms with Crippen molar-refractivity contribution >= 4 is 24.1 Å². The fourth-order valence-corrected chi connectivity index (χ4v) is 1.97. The van der Waals surface area contributed by atoms with Gasteiger partial charge < -0.3 is 10.2 Å². The lowest BCUT2D eigenvalue weighted by Gasteiger charge is -2.04. The Morgan fingerprint density at radius 1 is 0.692 bits per heavy atom. The van der Waals surface area contributed by atoms with E-state index < -0.39 is 11.9 Å². The molecule has 0 aliphatic rings. The number of carbonyl (C=O) groups is 2. The topological polar surface area (TPSA) is 93.1 Å². The summed E-state index contributed by atoms with van der Waals surface area (Å²) in [5.41, 5.74) is 1.83. The second-order valence-electron chi connectivity index (χ2n) is 5.58. The van der Waals surface area contributed by atoms with Crippen LogP contribution in [0.25, 0.3) is 12.2 Å². The van der Waals surface area contributed by atoms with Crippen molar-refractivity contribution < 1.29 is 29.6 Å². The zero-order valence-corrected chi connectivity index (χ0v) is 14.3. The van der Waals surface area contributed by atoms with Crippen molar-refractivity contribution in [3.8, 4) is 11.5 Å². The smallest absolute Gasteiger partial charge is 0.382 e. The molecule has 26 heavy (non-hydrogen) atoms. The monoisotopic (exact) mass is 354 g/mol. The van der Waals surface area contributed by atoms with Crippen LogP contribution in [0.5, 0.6) is 11.5 Å². The minimum atomic E-state index is -0.802. The van der Waals surface area contributed by atoms with Gasteiger partial charge in [0.15, 0.2) is 0 Å². The summed E-state index contributed by atoms with van der Waals surface area (Å²) in [7, 11) is 0. The molecule has 0 saturated heterocycles. The van der Waals surface area contributed by atoms with Gasteiger partial charge in [0.05, 0.1) is 0 Å². The minimum Gasteiger partial charge on any atom is -0.508 e. The van der Waals surface area contributed by atoms with Crippen LogP contribution < -0.4 is 0 Å². The van der Waals surface area contributed by atoms with Crippen LogP contribution in [0.3, 0.4) is 0 Å². The van der Waals surface area contributed by atoms with Crippen molar-refractivity contribution in [2.24, 2.45) is 0 Å². The summed E-state index contributed by atoms with van der Waals surface area (Å²) in [5.74, 6) is -1.37. The lowest BCUT2D eigenvalue weighted by Crippen LogP contribution is -2.12. The molecule has 0 aliphatic carbocycles. The number of carbonyl (C=O) groups excluding carboxylic acids is 2. The molecule has 0 saturated carbocycles. The summed E-state index contributed by atoms with van der Waals surface area (Å²) in [5, 5.41) is 18.5. The van der Waals surface area contributed by atoms with Gasteiger partial charge in [-0.3, -0.25) is 0 Å². The second kappa shape index (κ2) is 8.53. The first-order valence-electron chi connectivity index (χ1n) is 7.73. The van der Waals surface area contributed by atoms with Crippen LogP contribution in [0.2, 0.25) is 0 Å². The first kappa shape index (κ1) is 18.8. The predicted octanol–water partition coefficient (Wildman–Crippen LogP) is 3.61. The molecular weight excluding hydrogens is 336 g/mol. The molecule has 0 fully saturated rings. The molecule has 0 aliphatic heterocycles. The van der Waals surface area contributed by atoms with Crippen LogP contribution in [0, 0.1) is 0 Å². The van der Waals surface area contributed by atoms with Gasteiger partial charge in [0.2, 0.25) is 0 Å². The van der Waals surface area contributed by atoms with Crippen LogP contribution in [0.15, 0.2) is 59.7 Å². The molecule has 6 nitrogen and oxygen atoms in total. The zero-order chi connectivity index (χ0) is 19.1. The van der Waals surface area contributed by atoms with Crippen molar-refractivity contribution in [3.05, 3.63) is 70.8 Å². The Kier molecular flexibility index (Phi) is 6.16. The predicted molar refractivity (Wildman–Crippen MR) is 95.7 cm³/mol. The van der Waals surface area contributed by atoms with Crippen molar-refractivity contribution in [2.45, 2.75) is 13.8 Å². The third-order valence-corrected chi connectivity index (χ3v) is 3.39. The number of phenols is 2. The van der Waals surface area contributed by atoms with E-state index in [1.807, 2.05) is 0 Å². The number of phenolic OH excluding ortho intramolecular Hbond substituents is 2. The van der Waals surface area contributed by atoms with Gasteiger partial charge in [-0.2, -0.15) is 0 Å². The molecule has 0 bridgehead atoms. The molecule has 0 radical (unpaired) electrons. The third-order valence-electron chi connectivity index (χ3n) is 3.39. The molecule has 2 rings (SSSR count). The zero-order valence-electron chi connectivity index (χ0n) is 14.3. The summed E-state index contributed by atoms with van der Waals surface area (Å²) in [4.78, 5) is 32.9. The average Bonchev–Trinajstić information content (AvgIpc) is 2.63. The summed E-state index contributed by atoms with van der Waals surface area (Å²) in [6.07, 6.45) is 3.07. The summed E-state index contributed by atoms with van der Waals surface area (Å²) in [6.45, 7) is 3.03. The highest BCUT2D eigenvalue weighted by atomic mass is 17.2. The van der Waals surface area contributed by atoms with Crippen LogP contribution in [-0.2, 0) is 19.4 Å². The van der Waals surface area contributed by atoms with Crippen molar-refractivity contribution in [1.29, 1.82) is 0 Å². The highest BCUT2D eigenvalue weighted by Crippen LogP contribution is 2.15. The Morgan fingerprint density at radius 2 is 1.00 bits per heavy atom. The van der Waals surface area contributed by atoms with Gasteiger partial charge in [-0.1, -0.05) is 24.3 Å². The maximum absolute atomic E-state index is 11.9. The molecule has 2 N–H and O–H groups in total. The molecule has 0 aromatic heterocycles. The van der Waals surface area contributed by atoms with E-state index in [0.717, 1.165) is 0 Å². The van der Waals surface area contributed by atoms with Gasteiger partial charge in [0.1, 0.15) is 11.5 Å². The van der Waals surface area contributed by atoms with E-state index in [0.29, 0.717) is 11.1 Å². The van der Waals surface area contributed by atoms with Crippen molar-refractivity contribution in [2.75, 3.05) is 0 Å². The van der Waals surface area contributed by atoms with E-state index in [9.17, 15) is 19.8 Å². The SMILES string of the molecule is C/C(=C\c1ccc(O)cc1)C(=O)OOC(=O)/C(C)=C/c1ccc(O)cc1. The quantitative estimate of drug-likeness (QED) is 0.495. The Labute approximate surface area is 150 Å². The molecule has 0 unspecified atom stereocenters. The first-order valence-corrected chi connectivity index (χ1v) is 7.73. The summed E-state index contributed by atoms with van der Waals surface area (Å²) >= 11 is 0. The summed E-state index contributed by atoms with van der Waals surface area (Å²) < 4.78 is 0. The molecule has 2 aromatic rings. The standard InChI is InChI=1S/C20H18O6/c1-13(11-15-3-7-17(21)8-4-15)19(23)25-26-20(24)14(2)12-16-5-9-18(22)10-6-16/h3-12,21-22H,1-2H3/b13-11+,14-12+. The fraction of sp³-hybridized carbons (Fsp3) is 0.100. The molecule has 0 atom stereocenters. The number of benzene rings is 2. The molecule has 134 valence electrons. The molecule has 0 heterocycles. The van der Waals surface area contributed by atoms with Gasteiger partial charge in [0.25, 0.3) is 0 Å². The Bertz CT molecular complexity index is 771. The normalized spacial score (nSPS) is 11.8. The second-order valence-corrected chi connectivity index (χ2v) is 5.58. The van der Waals surface area contributed by atoms with Crippen molar-refractivity contribution in [1.82, 2.24) is 0 Å². The van der Waals surface area contributed by atoms with E-state index in [1.165, 1.54) is 50.3 Å². The Balaban J connectivity index is 1.94. The number of aromatic hydroxyl groups is 2. The van der Waals surface area contributed by atoms with E-state index in [1.54, 1.807) is 24.3 Å². The lowest BCUT2D eigenvalue weighted by molar-refractivity contribution is -0.252. The highest BCUT2D eigenvalue weighted by molar-refractivity contribution is 5.95. The van der Waals surface area contributed by atoms with Gasteiger partial charge in [-0.25, -0.2) is 19.4 Å². The van der Waals surface area contributed by atoms with E-state index in [2.05, 4.69) is 9.78 Å². The Hall–Kier alpha value is -3.54. The van der Waals surface area contributed by atoms with Crippen molar-refractivity contribution in [3.63, 3.8) is 0 Å². The van der Waals surface area contributed by atoms with E-state index in [4.69, 9.17) is 0 Å². The molecule has 0 amide bonds. The van der Waals surface area contributed by atoms with E-state index in [-0.39, 0.29) is 22.6 Å². The molecule has 2 aromatic carbocycles. The fourth-order valence-electron chi connectivity index (χ4n) is 1.97. The maximum atomic E-state index is 11.9. The molecular formula is C20H18O6. The number of hydrogen-bond donors (Lipinski definition) is 2. The number of hydrogen-bond acceptors (Lipinski definition) is 6. The third kappa shape index (κ3) is 5.52. The van der Waals surface area contributed by atoms with Crippen LogP contribution >= 0.6 is 0 Å². The van der Waals surface area contributed by atoms with Crippen LogP contribution in [0.4, 0.5) is 0 Å². The van der Waals surface area contributed by atoms with Crippen LogP contribution in [-0.4, -0.2) is 22.2 Å². The largest absolute Gasteiger partial charge is 0.508 e. The number of rotatable bonds is 4. The first-order chi connectivity index (χ1) is 12.3. The summed E-state index contributed by atoms with van der Waals surface area (Å²) in [6, 6.07) is 12.5. The van der Waals surface area contributed by atoms with Gasteiger partial charge in [-0.05, 0) is 61.4 Å². The Morgan fingerprint density at radius 3 is 1.31 bits per heavy atom. The van der Waals surface area contributed by atoms with E-state index >= 15 is 0 Å². The van der Waals surface area contributed by atoms with Gasteiger partial charge in [0, 0.05) is 11.1 Å². The minimum absolute atomic E-state index is 0.118. The maximum Gasteiger partial charge on any atom is 0.382 e. The van der Waals surface area contributed by atoms with Crippen LogP contribution in [0.1, 0.15) is 25.0 Å². The average molecular weight is 354 g/mol. The lowest BCUT2D eigenvalue weighted by atomic mass is 10.1.